The van der Waals surface area contributed by atoms with Crippen LogP contribution in [-0.2, 0) is 26.3 Å². The lowest BCUT2D eigenvalue weighted by molar-refractivity contribution is -0.132. The molecule has 4 nitrogen and oxygen atoms in total. The molecular formula is C11H12BrNO3. The molecule has 0 saturated heterocycles. The van der Waals surface area contributed by atoms with Gasteiger partial charge in [0.25, 0.3) is 0 Å². The maximum absolute atomic E-state index is 10.7. The van der Waals surface area contributed by atoms with Crippen molar-refractivity contribution in [1.29, 1.82) is 0 Å². The fourth-order valence-electron chi connectivity index (χ4n) is 1.07. The third-order valence-corrected chi connectivity index (χ3v) is 2.52. The number of nitrogens with zero attached hydrogens (tertiary/aromatic N) is 1. The number of rotatable bonds is 5. The van der Waals surface area contributed by atoms with Crippen LogP contribution in [-0.4, -0.2) is 19.3 Å². The highest BCUT2D eigenvalue weighted by Gasteiger charge is 2.00. The summed E-state index contributed by atoms with van der Waals surface area (Å²) in [5.41, 5.74) is 2.16. The second-order valence-electron chi connectivity index (χ2n) is 2.93. The molecule has 0 bridgehead atoms. The van der Waals surface area contributed by atoms with Gasteiger partial charge in [-0.2, -0.15) is 0 Å². The van der Waals surface area contributed by atoms with E-state index in [1.165, 1.54) is 7.11 Å². The number of benzene rings is 1. The SMILES string of the molecule is COC(=O)C=NOCc1ccccc1CBr. The van der Waals surface area contributed by atoms with Crippen LogP contribution in [0.5, 0.6) is 0 Å². The van der Waals surface area contributed by atoms with Gasteiger partial charge in [0.05, 0.1) is 7.11 Å². The van der Waals surface area contributed by atoms with E-state index in [4.69, 9.17) is 4.84 Å². The van der Waals surface area contributed by atoms with Gasteiger partial charge in [-0.1, -0.05) is 45.4 Å². The van der Waals surface area contributed by atoms with Gasteiger partial charge in [-0.25, -0.2) is 4.79 Å². The number of methoxy groups -OCH3 is 1. The second kappa shape index (κ2) is 7.00. The minimum atomic E-state index is -0.534. The van der Waals surface area contributed by atoms with Crippen LogP contribution in [0.3, 0.4) is 0 Å². The third kappa shape index (κ3) is 4.02. The molecule has 0 N–H and O–H groups in total. The number of oxime groups is 1. The van der Waals surface area contributed by atoms with Crippen molar-refractivity contribution in [1.82, 2.24) is 0 Å². The number of alkyl halides is 1. The molecule has 0 aromatic heterocycles. The summed E-state index contributed by atoms with van der Waals surface area (Å²) in [4.78, 5) is 15.7. The number of ether oxygens (including phenoxy) is 1. The van der Waals surface area contributed by atoms with Gasteiger partial charge in [0.1, 0.15) is 6.61 Å². The molecule has 16 heavy (non-hydrogen) atoms. The Kier molecular flexibility index (Phi) is 5.56. The van der Waals surface area contributed by atoms with E-state index in [-0.39, 0.29) is 0 Å². The van der Waals surface area contributed by atoms with Gasteiger partial charge < -0.3 is 9.57 Å². The highest BCUT2D eigenvalue weighted by Crippen LogP contribution is 2.13. The quantitative estimate of drug-likeness (QED) is 0.361. The molecule has 1 aromatic rings. The fraction of sp³-hybridized carbons (Fsp3) is 0.273. The molecule has 0 aliphatic heterocycles. The van der Waals surface area contributed by atoms with Gasteiger partial charge >= 0.3 is 5.97 Å². The first kappa shape index (κ1) is 12.7. The first-order valence-corrected chi connectivity index (χ1v) is 5.76. The fourth-order valence-corrected chi connectivity index (χ4v) is 1.62. The molecule has 0 saturated carbocycles. The van der Waals surface area contributed by atoms with Crippen molar-refractivity contribution in [3.05, 3.63) is 35.4 Å². The van der Waals surface area contributed by atoms with Crippen LogP contribution in [0.15, 0.2) is 29.4 Å². The Morgan fingerprint density at radius 3 is 2.75 bits per heavy atom. The molecule has 0 fully saturated rings. The molecule has 1 rings (SSSR count). The lowest BCUT2D eigenvalue weighted by atomic mass is 10.1. The lowest BCUT2D eigenvalue weighted by Crippen LogP contribution is -2.01. The highest BCUT2D eigenvalue weighted by molar-refractivity contribution is 9.08. The standard InChI is InChI=1S/C11H12BrNO3/c1-15-11(14)7-13-16-8-10-5-3-2-4-9(10)6-12/h2-5,7H,6,8H2,1H3. The Morgan fingerprint density at radius 2 is 2.12 bits per heavy atom. The minimum Gasteiger partial charge on any atom is -0.465 e. The molecule has 0 amide bonds. The molecule has 0 aliphatic rings. The Balaban J connectivity index is 2.48. The van der Waals surface area contributed by atoms with Crippen molar-refractivity contribution in [2.24, 2.45) is 5.16 Å². The summed E-state index contributed by atoms with van der Waals surface area (Å²) in [7, 11) is 1.29. The molecule has 86 valence electrons. The summed E-state index contributed by atoms with van der Waals surface area (Å²) in [6.45, 7) is 0.329. The minimum absolute atomic E-state index is 0.329. The van der Waals surface area contributed by atoms with E-state index in [0.717, 1.165) is 22.7 Å². The van der Waals surface area contributed by atoms with Crippen molar-refractivity contribution in [3.8, 4) is 0 Å². The average molecular weight is 286 g/mol. The van der Waals surface area contributed by atoms with Crippen LogP contribution >= 0.6 is 15.9 Å². The summed E-state index contributed by atoms with van der Waals surface area (Å²) in [5.74, 6) is -0.534. The summed E-state index contributed by atoms with van der Waals surface area (Å²) in [5, 5.41) is 4.26. The topological polar surface area (TPSA) is 47.9 Å². The van der Waals surface area contributed by atoms with Gasteiger partial charge in [0.2, 0.25) is 0 Å². The molecule has 0 atom stereocenters. The van der Waals surface area contributed by atoms with Crippen LogP contribution in [0.25, 0.3) is 0 Å². The Labute approximate surface area is 102 Å². The van der Waals surface area contributed by atoms with Crippen molar-refractivity contribution >= 4 is 28.1 Å². The summed E-state index contributed by atoms with van der Waals surface area (Å²) >= 11 is 3.38. The average Bonchev–Trinajstić information content (AvgIpc) is 2.34. The van der Waals surface area contributed by atoms with Crippen LogP contribution in [0.1, 0.15) is 11.1 Å². The predicted molar refractivity (Wildman–Crippen MR) is 64.4 cm³/mol. The predicted octanol–water partition coefficient (Wildman–Crippen LogP) is 2.26. The van der Waals surface area contributed by atoms with Gasteiger partial charge in [-0.3, -0.25) is 0 Å². The van der Waals surface area contributed by atoms with Gasteiger partial charge in [0, 0.05) is 5.33 Å². The van der Waals surface area contributed by atoms with Crippen LogP contribution in [0.2, 0.25) is 0 Å². The highest BCUT2D eigenvalue weighted by atomic mass is 79.9. The molecular weight excluding hydrogens is 274 g/mol. The maximum Gasteiger partial charge on any atom is 0.352 e. The monoisotopic (exact) mass is 285 g/mol. The zero-order valence-electron chi connectivity index (χ0n) is 8.85. The van der Waals surface area contributed by atoms with E-state index in [2.05, 4.69) is 25.8 Å². The van der Waals surface area contributed by atoms with Crippen LogP contribution in [0, 0.1) is 0 Å². The van der Waals surface area contributed by atoms with E-state index in [1.807, 2.05) is 24.3 Å². The van der Waals surface area contributed by atoms with Crippen molar-refractivity contribution in [2.75, 3.05) is 7.11 Å². The number of halogens is 1. The Hall–Kier alpha value is -1.36. The Bertz CT molecular complexity index is 379. The normalized spacial score (nSPS) is 10.4. The molecule has 0 spiro atoms. The van der Waals surface area contributed by atoms with Crippen molar-refractivity contribution in [3.63, 3.8) is 0 Å². The van der Waals surface area contributed by atoms with Crippen molar-refractivity contribution in [2.45, 2.75) is 11.9 Å². The molecule has 5 heteroatoms. The number of esters is 1. The third-order valence-electron chi connectivity index (χ3n) is 1.92. The zero-order chi connectivity index (χ0) is 11.8. The molecule has 0 radical (unpaired) electrons. The number of carbonyl (C=O) groups is 1. The maximum atomic E-state index is 10.7. The van der Waals surface area contributed by atoms with Crippen molar-refractivity contribution < 1.29 is 14.4 Å². The van der Waals surface area contributed by atoms with Crippen LogP contribution in [0.4, 0.5) is 0 Å². The number of hydrogen-bond acceptors (Lipinski definition) is 4. The molecule has 0 unspecified atom stereocenters. The second-order valence-corrected chi connectivity index (χ2v) is 3.49. The largest absolute Gasteiger partial charge is 0.465 e. The van der Waals surface area contributed by atoms with Gasteiger partial charge in [0.15, 0.2) is 6.21 Å². The summed E-state index contributed by atoms with van der Waals surface area (Å²) < 4.78 is 4.37. The smallest absolute Gasteiger partial charge is 0.352 e. The van der Waals surface area contributed by atoms with E-state index < -0.39 is 5.97 Å². The summed E-state index contributed by atoms with van der Waals surface area (Å²) in [6.07, 6.45) is 0.997. The Morgan fingerprint density at radius 1 is 1.44 bits per heavy atom. The number of carbonyl (C=O) groups excluding carboxylic acids is 1. The van der Waals surface area contributed by atoms with Gasteiger partial charge in [-0.05, 0) is 11.1 Å². The van der Waals surface area contributed by atoms with E-state index in [0.29, 0.717) is 6.61 Å². The first-order valence-electron chi connectivity index (χ1n) is 4.64. The van der Waals surface area contributed by atoms with E-state index >= 15 is 0 Å². The van der Waals surface area contributed by atoms with Crippen LogP contribution < -0.4 is 0 Å². The number of hydrogen-bond donors (Lipinski definition) is 0. The van der Waals surface area contributed by atoms with E-state index in [1.54, 1.807) is 0 Å². The van der Waals surface area contributed by atoms with E-state index in [9.17, 15) is 4.79 Å². The molecule has 0 heterocycles. The zero-order valence-corrected chi connectivity index (χ0v) is 10.4. The summed E-state index contributed by atoms with van der Waals surface area (Å²) in [6, 6.07) is 7.83. The molecule has 0 aliphatic carbocycles. The first-order chi connectivity index (χ1) is 7.77. The molecule has 1 aromatic carbocycles. The van der Waals surface area contributed by atoms with Gasteiger partial charge in [-0.15, -0.1) is 0 Å². The lowest BCUT2D eigenvalue weighted by Gasteiger charge is -2.04.